The van der Waals surface area contributed by atoms with E-state index < -0.39 is 0 Å². The van der Waals surface area contributed by atoms with Crippen LogP contribution < -0.4 is 5.73 Å². The Hall–Kier alpha value is -0.960. The molecule has 2 rings (SSSR count). The molecule has 1 unspecified atom stereocenters. The summed E-state index contributed by atoms with van der Waals surface area (Å²) in [6, 6.07) is 6.76. The normalized spacial score (nSPS) is 15.8. The Bertz CT molecular complexity index is 401. The SMILES string of the molecule is CC(CC(=N)N)Sc1ccc2c(c1)CCC2. The third kappa shape index (κ3) is 2.79. The van der Waals surface area contributed by atoms with E-state index in [1.54, 1.807) is 0 Å². The van der Waals surface area contributed by atoms with E-state index in [1.807, 2.05) is 11.8 Å². The topological polar surface area (TPSA) is 49.9 Å². The van der Waals surface area contributed by atoms with Crippen LogP contribution in [0.2, 0.25) is 0 Å². The van der Waals surface area contributed by atoms with Crippen LogP contribution in [0.15, 0.2) is 23.1 Å². The van der Waals surface area contributed by atoms with E-state index >= 15 is 0 Å². The van der Waals surface area contributed by atoms with Crippen molar-refractivity contribution < 1.29 is 0 Å². The van der Waals surface area contributed by atoms with Crippen LogP contribution in [0.1, 0.15) is 30.9 Å². The Kier molecular flexibility index (Phi) is 3.54. The summed E-state index contributed by atoms with van der Waals surface area (Å²) in [4.78, 5) is 1.31. The van der Waals surface area contributed by atoms with E-state index in [0.717, 1.165) is 0 Å². The summed E-state index contributed by atoms with van der Waals surface area (Å²) in [6.07, 6.45) is 4.43. The molecule has 1 atom stereocenters. The first-order chi connectivity index (χ1) is 7.65. The maximum absolute atomic E-state index is 7.28. The van der Waals surface area contributed by atoms with E-state index in [9.17, 15) is 0 Å². The predicted octanol–water partition coefficient (Wildman–Crippen LogP) is 2.98. The van der Waals surface area contributed by atoms with Gasteiger partial charge in [0, 0.05) is 16.6 Å². The monoisotopic (exact) mass is 234 g/mol. The van der Waals surface area contributed by atoms with Crippen molar-refractivity contribution in [1.29, 1.82) is 5.41 Å². The Morgan fingerprint density at radius 3 is 2.94 bits per heavy atom. The lowest BCUT2D eigenvalue weighted by Crippen LogP contribution is -2.14. The molecule has 0 saturated heterocycles. The zero-order valence-electron chi connectivity index (χ0n) is 9.62. The van der Waals surface area contributed by atoms with Gasteiger partial charge in [-0.25, -0.2) is 0 Å². The molecule has 0 fully saturated rings. The molecule has 0 aromatic heterocycles. The molecule has 3 heteroatoms. The van der Waals surface area contributed by atoms with Crippen molar-refractivity contribution >= 4 is 17.6 Å². The standard InChI is InChI=1S/C13H18N2S/c1-9(7-13(14)15)16-12-6-5-10-3-2-4-11(10)8-12/h5-6,8-9H,2-4,7H2,1H3,(H3,14,15). The second kappa shape index (κ2) is 4.91. The van der Waals surface area contributed by atoms with Crippen molar-refractivity contribution in [3.05, 3.63) is 29.3 Å². The molecule has 1 aliphatic rings. The fraction of sp³-hybridized carbons (Fsp3) is 0.462. The first kappa shape index (κ1) is 11.5. The van der Waals surface area contributed by atoms with Crippen LogP contribution in [0.5, 0.6) is 0 Å². The van der Waals surface area contributed by atoms with E-state index in [2.05, 4.69) is 25.1 Å². The van der Waals surface area contributed by atoms with Crippen molar-refractivity contribution in [2.75, 3.05) is 0 Å². The van der Waals surface area contributed by atoms with E-state index in [-0.39, 0.29) is 5.84 Å². The lowest BCUT2D eigenvalue weighted by Gasteiger charge is -2.11. The predicted molar refractivity (Wildman–Crippen MR) is 70.3 cm³/mol. The minimum Gasteiger partial charge on any atom is -0.388 e. The van der Waals surface area contributed by atoms with Crippen molar-refractivity contribution in [1.82, 2.24) is 0 Å². The van der Waals surface area contributed by atoms with Gasteiger partial charge in [0.25, 0.3) is 0 Å². The first-order valence-electron chi connectivity index (χ1n) is 5.76. The van der Waals surface area contributed by atoms with Gasteiger partial charge >= 0.3 is 0 Å². The largest absolute Gasteiger partial charge is 0.388 e. The number of hydrogen-bond donors (Lipinski definition) is 2. The average molecular weight is 234 g/mol. The van der Waals surface area contributed by atoms with Gasteiger partial charge in [0.1, 0.15) is 0 Å². The van der Waals surface area contributed by atoms with Crippen molar-refractivity contribution in [3.8, 4) is 0 Å². The van der Waals surface area contributed by atoms with Crippen LogP contribution in [-0.4, -0.2) is 11.1 Å². The molecule has 0 aliphatic heterocycles. The lowest BCUT2D eigenvalue weighted by molar-refractivity contribution is 0.911. The van der Waals surface area contributed by atoms with Gasteiger partial charge in [-0.3, -0.25) is 5.41 Å². The Balaban J connectivity index is 2.02. The third-order valence-electron chi connectivity index (χ3n) is 2.91. The second-order valence-electron chi connectivity index (χ2n) is 4.44. The Morgan fingerprint density at radius 1 is 1.44 bits per heavy atom. The molecule has 0 radical (unpaired) electrons. The Morgan fingerprint density at radius 2 is 2.19 bits per heavy atom. The molecule has 3 N–H and O–H groups in total. The summed E-state index contributed by atoms with van der Waals surface area (Å²) in [7, 11) is 0. The van der Waals surface area contributed by atoms with E-state index in [4.69, 9.17) is 11.1 Å². The molecule has 0 spiro atoms. The highest BCUT2D eigenvalue weighted by Crippen LogP contribution is 2.30. The number of rotatable bonds is 4. The zero-order valence-corrected chi connectivity index (χ0v) is 10.4. The molecule has 1 aromatic carbocycles. The molecule has 2 nitrogen and oxygen atoms in total. The lowest BCUT2D eigenvalue weighted by atomic mass is 10.1. The second-order valence-corrected chi connectivity index (χ2v) is 5.95. The third-order valence-corrected chi connectivity index (χ3v) is 4.01. The van der Waals surface area contributed by atoms with Crippen LogP contribution in [0.4, 0.5) is 0 Å². The maximum Gasteiger partial charge on any atom is 0.0916 e. The van der Waals surface area contributed by atoms with E-state index in [0.29, 0.717) is 11.7 Å². The molecule has 0 heterocycles. The minimum absolute atomic E-state index is 0.279. The van der Waals surface area contributed by atoms with Crippen LogP contribution in [-0.2, 0) is 12.8 Å². The summed E-state index contributed by atoms with van der Waals surface area (Å²) in [5.74, 6) is 0.279. The molecular weight excluding hydrogens is 216 g/mol. The number of aryl methyl sites for hydroxylation is 2. The molecule has 0 saturated carbocycles. The molecular formula is C13H18N2S. The van der Waals surface area contributed by atoms with Crippen molar-refractivity contribution in [3.63, 3.8) is 0 Å². The highest BCUT2D eigenvalue weighted by atomic mass is 32.2. The number of benzene rings is 1. The smallest absolute Gasteiger partial charge is 0.0916 e. The number of fused-ring (bicyclic) bond motifs is 1. The molecule has 0 bridgehead atoms. The van der Waals surface area contributed by atoms with Crippen LogP contribution in [0.25, 0.3) is 0 Å². The van der Waals surface area contributed by atoms with Crippen molar-refractivity contribution in [2.45, 2.75) is 42.8 Å². The van der Waals surface area contributed by atoms with Gasteiger partial charge in [-0.15, -0.1) is 11.8 Å². The van der Waals surface area contributed by atoms with Crippen LogP contribution in [0, 0.1) is 5.41 Å². The van der Waals surface area contributed by atoms with Gasteiger partial charge in [-0.1, -0.05) is 13.0 Å². The number of nitrogens with one attached hydrogen (secondary N) is 1. The summed E-state index contributed by atoms with van der Waals surface area (Å²) in [5.41, 5.74) is 8.44. The van der Waals surface area contributed by atoms with Crippen LogP contribution in [0.3, 0.4) is 0 Å². The number of nitrogens with two attached hydrogens (primary N) is 1. The van der Waals surface area contributed by atoms with Gasteiger partial charge in [0.15, 0.2) is 0 Å². The minimum atomic E-state index is 0.279. The summed E-state index contributed by atoms with van der Waals surface area (Å²) < 4.78 is 0. The Labute approximate surface area is 101 Å². The number of hydrogen-bond acceptors (Lipinski definition) is 2. The molecule has 16 heavy (non-hydrogen) atoms. The van der Waals surface area contributed by atoms with Gasteiger partial charge in [0.05, 0.1) is 5.84 Å². The van der Waals surface area contributed by atoms with Gasteiger partial charge in [0.2, 0.25) is 0 Å². The molecule has 86 valence electrons. The van der Waals surface area contributed by atoms with Crippen LogP contribution >= 0.6 is 11.8 Å². The number of amidine groups is 1. The quantitative estimate of drug-likeness (QED) is 0.478. The zero-order chi connectivity index (χ0) is 11.5. The summed E-state index contributed by atoms with van der Waals surface area (Å²) in [5, 5.41) is 7.66. The highest BCUT2D eigenvalue weighted by Gasteiger charge is 2.12. The first-order valence-corrected chi connectivity index (χ1v) is 6.64. The summed E-state index contributed by atoms with van der Waals surface area (Å²) in [6.45, 7) is 2.12. The molecule has 1 aliphatic carbocycles. The fourth-order valence-corrected chi connectivity index (χ4v) is 3.29. The highest BCUT2D eigenvalue weighted by molar-refractivity contribution is 8.00. The van der Waals surface area contributed by atoms with Crippen molar-refractivity contribution in [2.24, 2.45) is 5.73 Å². The molecule has 1 aromatic rings. The van der Waals surface area contributed by atoms with Gasteiger partial charge < -0.3 is 5.73 Å². The average Bonchev–Trinajstić information content (AvgIpc) is 2.63. The maximum atomic E-state index is 7.28. The number of thioether (sulfide) groups is 1. The summed E-state index contributed by atoms with van der Waals surface area (Å²) >= 11 is 1.82. The van der Waals surface area contributed by atoms with Gasteiger partial charge in [-0.2, -0.15) is 0 Å². The molecule has 0 amide bonds. The fourth-order valence-electron chi connectivity index (χ4n) is 2.21. The van der Waals surface area contributed by atoms with Gasteiger partial charge in [-0.05, 0) is 42.5 Å². The van der Waals surface area contributed by atoms with E-state index in [1.165, 1.54) is 35.3 Å².